The van der Waals surface area contributed by atoms with Gasteiger partial charge in [0.25, 0.3) is 0 Å². The summed E-state index contributed by atoms with van der Waals surface area (Å²) < 4.78 is 6.01. The normalized spacial score (nSPS) is 19.4. The van der Waals surface area contributed by atoms with Gasteiger partial charge in [-0.25, -0.2) is 9.97 Å². The molecule has 1 saturated carbocycles. The highest BCUT2D eigenvalue weighted by molar-refractivity contribution is 6.17. The minimum atomic E-state index is -0.386. The van der Waals surface area contributed by atoms with Crippen molar-refractivity contribution in [3.05, 3.63) is 78.6 Å². The zero-order chi connectivity index (χ0) is 27.9. The monoisotopic (exact) mass is 540 g/mol. The average Bonchev–Trinajstić information content (AvgIpc) is 2.99. The van der Waals surface area contributed by atoms with Crippen molar-refractivity contribution >= 4 is 28.9 Å². The van der Waals surface area contributed by atoms with Crippen LogP contribution in [-0.4, -0.2) is 64.7 Å². The molecule has 1 aliphatic carbocycles. The van der Waals surface area contributed by atoms with Crippen LogP contribution in [-0.2, 0) is 4.79 Å². The number of carbonyl (C=O) groups excluding carboxylic acids is 1. The molecule has 0 unspecified atom stereocenters. The molecule has 6 N–H and O–H groups in total. The molecule has 2 fully saturated rings. The molecule has 3 aromatic rings. The quantitative estimate of drug-likeness (QED) is 0.202. The number of anilines is 3. The number of rotatable bonds is 9. The molecule has 40 heavy (non-hydrogen) atoms. The van der Waals surface area contributed by atoms with Gasteiger partial charge >= 0.3 is 0 Å². The number of ether oxygens (including phenoxy) is 1. The number of para-hydroxylation sites is 1. The van der Waals surface area contributed by atoms with E-state index < -0.39 is 0 Å². The third-order valence-corrected chi connectivity index (χ3v) is 7.51. The van der Waals surface area contributed by atoms with Gasteiger partial charge in [0.2, 0.25) is 5.91 Å². The Balaban J connectivity index is 1.35. The highest BCUT2D eigenvalue weighted by Crippen LogP contribution is 2.33. The third-order valence-electron chi connectivity index (χ3n) is 7.51. The van der Waals surface area contributed by atoms with Crippen molar-refractivity contribution in [1.82, 2.24) is 20.2 Å². The fourth-order valence-electron chi connectivity index (χ4n) is 5.40. The first-order chi connectivity index (χ1) is 19.5. The molecule has 1 amide bonds. The van der Waals surface area contributed by atoms with Crippen LogP contribution in [0.1, 0.15) is 36.8 Å². The van der Waals surface area contributed by atoms with E-state index in [1.165, 1.54) is 12.4 Å². The van der Waals surface area contributed by atoms with E-state index in [1.807, 2.05) is 30.3 Å². The summed E-state index contributed by atoms with van der Waals surface area (Å²) in [6.07, 6.45) is 6.91. The lowest BCUT2D eigenvalue weighted by Gasteiger charge is -2.39. The van der Waals surface area contributed by atoms with E-state index in [1.54, 1.807) is 18.2 Å². The first-order valence-corrected chi connectivity index (χ1v) is 13.7. The second kappa shape index (κ2) is 12.7. The Morgan fingerprint density at radius 2 is 1.85 bits per heavy atom. The van der Waals surface area contributed by atoms with Gasteiger partial charge in [0.05, 0.1) is 17.0 Å². The lowest BCUT2D eigenvalue weighted by molar-refractivity contribution is -0.111. The molecule has 1 saturated heterocycles. The number of hydrogen-bond donors (Lipinski definition) is 5. The Morgan fingerprint density at radius 1 is 1.10 bits per heavy atom. The minimum absolute atomic E-state index is 0.149. The largest absolute Gasteiger partial charge is 0.455 e. The van der Waals surface area contributed by atoms with Crippen molar-refractivity contribution in [2.45, 2.75) is 37.8 Å². The van der Waals surface area contributed by atoms with E-state index in [-0.39, 0.29) is 23.5 Å². The first-order valence-electron chi connectivity index (χ1n) is 13.7. The standard InChI is InChI=1S/C30H36N8O2/c1-2-26(39)37-24-18-20(8-13-25(24)40-23-6-4-3-5-7-23)28(31)27-29(32)34-19-35-30(27)36-21-9-11-22(12-10-21)38-16-14-33-15-17-38/h2-8,13,18-19,21-22,31,33H,1,9-12,14-17H2,(H,37,39)(H3,32,34,35,36). The summed E-state index contributed by atoms with van der Waals surface area (Å²) in [4.78, 5) is 23.5. The van der Waals surface area contributed by atoms with E-state index in [4.69, 9.17) is 15.9 Å². The van der Waals surface area contributed by atoms with Crippen molar-refractivity contribution in [3.8, 4) is 11.5 Å². The molecule has 10 heteroatoms. The van der Waals surface area contributed by atoms with Crippen LogP contribution in [0.5, 0.6) is 11.5 Å². The van der Waals surface area contributed by atoms with E-state index in [2.05, 4.69) is 37.4 Å². The summed E-state index contributed by atoms with van der Waals surface area (Å²) in [5.41, 5.74) is 7.83. The number of carbonyl (C=O) groups is 1. The number of hydrogen-bond acceptors (Lipinski definition) is 9. The number of benzene rings is 2. The third kappa shape index (κ3) is 6.47. The fourth-order valence-corrected chi connectivity index (χ4v) is 5.40. The van der Waals surface area contributed by atoms with Gasteiger partial charge in [0, 0.05) is 43.8 Å². The van der Waals surface area contributed by atoms with Crippen LogP contribution in [0.2, 0.25) is 0 Å². The second-order valence-corrected chi connectivity index (χ2v) is 10.1. The Kier molecular flexibility index (Phi) is 8.68. The molecule has 0 spiro atoms. The lowest BCUT2D eigenvalue weighted by atomic mass is 9.89. The second-order valence-electron chi connectivity index (χ2n) is 10.1. The van der Waals surface area contributed by atoms with Crippen LogP contribution < -0.4 is 26.4 Å². The summed E-state index contributed by atoms with van der Waals surface area (Å²) in [6.45, 7) is 7.88. The van der Waals surface area contributed by atoms with Gasteiger partial charge in [-0.2, -0.15) is 0 Å². The van der Waals surface area contributed by atoms with Gasteiger partial charge in [0.15, 0.2) is 5.75 Å². The summed E-state index contributed by atoms with van der Waals surface area (Å²) in [7, 11) is 0. The maximum atomic E-state index is 12.2. The Morgan fingerprint density at radius 3 is 2.58 bits per heavy atom. The molecular formula is C30H36N8O2. The summed E-state index contributed by atoms with van der Waals surface area (Å²) in [6, 6.07) is 15.3. The van der Waals surface area contributed by atoms with Gasteiger partial charge in [-0.3, -0.25) is 15.1 Å². The molecule has 1 aromatic heterocycles. The van der Waals surface area contributed by atoms with Crippen LogP contribution in [0, 0.1) is 5.41 Å². The van der Waals surface area contributed by atoms with E-state index in [9.17, 15) is 4.79 Å². The van der Waals surface area contributed by atoms with Crippen LogP contribution in [0.15, 0.2) is 67.5 Å². The smallest absolute Gasteiger partial charge is 0.247 e. The fraction of sp³-hybridized carbons (Fsp3) is 0.333. The molecule has 2 aromatic carbocycles. The first kappa shape index (κ1) is 27.3. The molecule has 1 aliphatic heterocycles. The molecular weight excluding hydrogens is 504 g/mol. The zero-order valence-corrected chi connectivity index (χ0v) is 22.5. The predicted molar refractivity (Wildman–Crippen MR) is 158 cm³/mol. The summed E-state index contributed by atoms with van der Waals surface area (Å²) >= 11 is 0. The van der Waals surface area contributed by atoms with Crippen molar-refractivity contribution in [3.63, 3.8) is 0 Å². The molecule has 0 bridgehead atoms. The van der Waals surface area contributed by atoms with Crippen molar-refractivity contribution in [2.24, 2.45) is 0 Å². The molecule has 2 aliphatic rings. The van der Waals surface area contributed by atoms with Gasteiger partial charge in [-0.15, -0.1) is 0 Å². The lowest BCUT2D eigenvalue weighted by Crippen LogP contribution is -2.50. The topological polar surface area (TPSA) is 141 Å². The van der Waals surface area contributed by atoms with E-state index >= 15 is 0 Å². The zero-order valence-electron chi connectivity index (χ0n) is 22.5. The van der Waals surface area contributed by atoms with Gasteiger partial charge < -0.3 is 26.4 Å². The number of piperazine rings is 1. The molecule has 2 heterocycles. The predicted octanol–water partition coefficient (Wildman–Crippen LogP) is 4.02. The molecule has 0 atom stereocenters. The van der Waals surface area contributed by atoms with Crippen LogP contribution in [0.4, 0.5) is 17.3 Å². The van der Waals surface area contributed by atoms with Crippen LogP contribution >= 0.6 is 0 Å². The highest BCUT2D eigenvalue weighted by atomic mass is 16.5. The van der Waals surface area contributed by atoms with Crippen LogP contribution in [0.3, 0.4) is 0 Å². The number of nitrogens with two attached hydrogens (primary N) is 1. The van der Waals surface area contributed by atoms with Gasteiger partial charge in [0.1, 0.15) is 23.7 Å². The Bertz CT molecular complexity index is 1350. The number of aromatic nitrogens is 2. The van der Waals surface area contributed by atoms with E-state index in [0.717, 1.165) is 51.9 Å². The maximum absolute atomic E-state index is 12.2. The average molecular weight is 541 g/mol. The molecule has 10 nitrogen and oxygen atoms in total. The number of nitrogen functional groups attached to an aromatic ring is 1. The van der Waals surface area contributed by atoms with Crippen LogP contribution in [0.25, 0.3) is 0 Å². The molecule has 0 radical (unpaired) electrons. The van der Waals surface area contributed by atoms with Gasteiger partial charge in [-0.1, -0.05) is 24.8 Å². The maximum Gasteiger partial charge on any atom is 0.247 e. The van der Waals surface area contributed by atoms with Gasteiger partial charge in [-0.05, 0) is 62.1 Å². The Hall–Kier alpha value is -4.28. The highest BCUT2D eigenvalue weighted by Gasteiger charge is 2.28. The van der Waals surface area contributed by atoms with E-state index in [0.29, 0.717) is 40.2 Å². The number of nitrogens with one attached hydrogen (secondary N) is 4. The SMILES string of the molecule is C=CC(=O)Nc1cc(C(=N)c2c(N)ncnc2NC2CCC(N3CCNCC3)CC2)ccc1Oc1ccccc1. The van der Waals surface area contributed by atoms with Crippen molar-refractivity contribution in [1.29, 1.82) is 5.41 Å². The van der Waals surface area contributed by atoms with Crippen molar-refractivity contribution < 1.29 is 9.53 Å². The van der Waals surface area contributed by atoms with Crippen molar-refractivity contribution in [2.75, 3.05) is 42.5 Å². The summed E-state index contributed by atoms with van der Waals surface area (Å²) in [5, 5.41) is 18.8. The number of nitrogens with zero attached hydrogens (tertiary/aromatic N) is 3. The summed E-state index contributed by atoms with van der Waals surface area (Å²) in [5.74, 6) is 1.44. The molecule has 208 valence electrons. The minimum Gasteiger partial charge on any atom is -0.455 e. The molecule has 5 rings (SSSR count). The number of amides is 1. The Labute approximate surface area is 234 Å².